The van der Waals surface area contributed by atoms with Crippen molar-refractivity contribution in [3.63, 3.8) is 0 Å². The number of hydrogen-bond acceptors (Lipinski definition) is 3. The third-order valence-corrected chi connectivity index (χ3v) is 2.21. The fourth-order valence-corrected chi connectivity index (χ4v) is 1.24. The second kappa shape index (κ2) is 7.04. The first-order valence-electron chi connectivity index (χ1n) is 4.72. The number of Topliss-reactive ketones (excluding diaryl/α,β-unsaturated/α-hetero) is 1. The molecule has 0 aromatic heterocycles. The van der Waals surface area contributed by atoms with Gasteiger partial charge in [0, 0.05) is 26.7 Å². The fourth-order valence-electron chi connectivity index (χ4n) is 1.24. The highest BCUT2D eigenvalue weighted by molar-refractivity contribution is 5.85. The third kappa shape index (κ3) is 4.39. The van der Waals surface area contributed by atoms with Gasteiger partial charge in [0.05, 0.1) is 0 Å². The molecule has 13 heavy (non-hydrogen) atoms. The zero-order valence-electron chi connectivity index (χ0n) is 9.00. The van der Waals surface area contributed by atoms with Gasteiger partial charge in [-0.2, -0.15) is 0 Å². The van der Waals surface area contributed by atoms with Crippen LogP contribution in [-0.4, -0.2) is 32.7 Å². The molecule has 0 N–H and O–H groups in total. The largest absolute Gasteiger partial charge is 0.385 e. The lowest BCUT2D eigenvalue weighted by atomic mass is 9.97. The Labute approximate surface area is 80.4 Å². The van der Waals surface area contributed by atoms with Crippen LogP contribution in [0.2, 0.25) is 0 Å². The summed E-state index contributed by atoms with van der Waals surface area (Å²) >= 11 is 0. The van der Waals surface area contributed by atoms with Crippen molar-refractivity contribution < 1.29 is 14.3 Å². The van der Waals surface area contributed by atoms with Gasteiger partial charge in [-0.15, -0.1) is 0 Å². The molecule has 0 aromatic rings. The maximum absolute atomic E-state index is 11.6. The van der Waals surface area contributed by atoms with Crippen LogP contribution in [0.1, 0.15) is 26.7 Å². The maximum atomic E-state index is 11.6. The molecule has 0 saturated heterocycles. The van der Waals surface area contributed by atoms with Crippen molar-refractivity contribution in [2.24, 2.45) is 5.92 Å². The number of methoxy groups -OCH3 is 2. The number of rotatable bonds is 7. The summed E-state index contributed by atoms with van der Waals surface area (Å²) in [6.45, 7) is 4.51. The van der Waals surface area contributed by atoms with Crippen LogP contribution in [0.3, 0.4) is 0 Å². The van der Waals surface area contributed by atoms with E-state index in [1.54, 1.807) is 14.2 Å². The Morgan fingerprint density at radius 1 is 1.38 bits per heavy atom. The Bertz CT molecular complexity index is 141. The summed E-state index contributed by atoms with van der Waals surface area (Å²) in [6, 6.07) is 0. The quantitative estimate of drug-likeness (QED) is 0.609. The normalized spacial score (nSPS) is 15.4. The molecule has 0 fully saturated rings. The molecule has 0 aliphatic heterocycles. The summed E-state index contributed by atoms with van der Waals surface area (Å²) in [5.41, 5.74) is 0. The van der Waals surface area contributed by atoms with Crippen LogP contribution in [0.5, 0.6) is 0 Å². The lowest BCUT2D eigenvalue weighted by Gasteiger charge is -2.16. The number of carbonyl (C=O) groups excluding carboxylic acids is 1. The minimum Gasteiger partial charge on any atom is -0.385 e. The molecular formula is C10H20O3. The van der Waals surface area contributed by atoms with Crippen molar-refractivity contribution in [3.8, 4) is 0 Å². The predicted octanol–water partition coefficient (Wildman–Crippen LogP) is 1.65. The average molecular weight is 188 g/mol. The molecule has 0 heterocycles. The van der Waals surface area contributed by atoms with Gasteiger partial charge in [-0.3, -0.25) is 4.79 Å². The molecule has 0 aliphatic carbocycles. The van der Waals surface area contributed by atoms with Crippen molar-refractivity contribution in [2.45, 2.75) is 32.8 Å². The summed E-state index contributed by atoms with van der Waals surface area (Å²) in [5.74, 6) is 0.215. The number of ketones is 1. The van der Waals surface area contributed by atoms with E-state index in [4.69, 9.17) is 9.47 Å². The minimum atomic E-state index is -0.244. The van der Waals surface area contributed by atoms with Crippen molar-refractivity contribution >= 4 is 5.78 Å². The highest BCUT2D eigenvalue weighted by Crippen LogP contribution is 2.10. The maximum Gasteiger partial charge on any atom is 0.164 e. The van der Waals surface area contributed by atoms with Gasteiger partial charge in [-0.05, 0) is 12.8 Å². The highest BCUT2D eigenvalue weighted by atomic mass is 16.5. The lowest BCUT2D eigenvalue weighted by Crippen LogP contribution is -2.28. The van der Waals surface area contributed by atoms with E-state index in [0.29, 0.717) is 6.61 Å². The smallest absolute Gasteiger partial charge is 0.164 e. The average Bonchev–Trinajstić information content (AvgIpc) is 2.15. The fraction of sp³-hybridized carbons (Fsp3) is 0.900. The molecule has 0 spiro atoms. The molecule has 0 amide bonds. The van der Waals surface area contributed by atoms with Crippen molar-refractivity contribution in [1.82, 2.24) is 0 Å². The SMILES string of the molecule is CCC(OC)C(=O)C(C)CCOC. The van der Waals surface area contributed by atoms with Gasteiger partial charge in [-0.1, -0.05) is 13.8 Å². The predicted molar refractivity (Wildman–Crippen MR) is 51.8 cm³/mol. The topological polar surface area (TPSA) is 35.5 Å². The van der Waals surface area contributed by atoms with Crippen LogP contribution in [0.15, 0.2) is 0 Å². The Morgan fingerprint density at radius 3 is 2.38 bits per heavy atom. The van der Waals surface area contributed by atoms with Gasteiger partial charge in [0.15, 0.2) is 5.78 Å². The van der Waals surface area contributed by atoms with Crippen LogP contribution >= 0.6 is 0 Å². The summed E-state index contributed by atoms with van der Waals surface area (Å²) in [6.07, 6.45) is 1.27. The van der Waals surface area contributed by atoms with Gasteiger partial charge in [0.1, 0.15) is 6.10 Å². The first kappa shape index (κ1) is 12.6. The Morgan fingerprint density at radius 2 is 2.00 bits per heavy atom. The van der Waals surface area contributed by atoms with Gasteiger partial charge < -0.3 is 9.47 Å². The standard InChI is InChI=1S/C10H20O3/c1-5-9(13-4)10(11)8(2)6-7-12-3/h8-9H,5-7H2,1-4H3. The number of hydrogen-bond donors (Lipinski definition) is 0. The number of carbonyl (C=O) groups is 1. The molecule has 78 valence electrons. The van der Waals surface area contributed by atoms with Crippen LogP contribution in [0, 0.1) is 5.92 Å². The van der Waals surface area contributed by atoms with E-state index < -0.39 is 0 Å². The van der Waals surface area contributed by atoms with Gasteiger partial charge >= 0.3 is 0 Å². The highest BCUT2D eigenvalue weighted by Gasteiger charge is 2.21. The molecule has 0 aromatic carbocycles. The Balaban J connectivity index is 3.92. The summed E-state index contributed by atoms with van der Waals surface area (Å²) < 4.78 is 9.99. The van der Waals surface area contributed by atoms with Gasteiger partial charge in [0.25, 0.3) is 0 Å². The lowest BCUT2D eigenvalue weighted by molar-refractivity contribution is -0.133. The molecule has 3 heteroatoms. The number of ether oxygens (including phenoxy) is 2. The van der Waals surface area contributed by atoms with Crippen LogP contribution in [0.25, 0.3) is 0 Å². The van der Waals surface area contributed by atoms with E-state index in [1.807, 2.05) is 13.8 Å². The zero-order chi connectivity index (χ0) is 10.3. The van der Waals surface area contributed by atoms with Crippen molar-refractivity contribution in [1.29, 1.82) is 0 Å². The van der Waals surface area contributed by atoms with E-state index >= 15 is 0 Å². The second-order valence-electron chi connectivity index (χ2n) is 3.22. The van der Waals surface area contributed by atoms with Crippen LogP contribution in [-0.2, 0) is 14.3 Å². The van der Waals surface area contributed by atoms with Gasteiger partial charge in [-0.25, -0.2) is 0 Å². The Hall–Kier alpha value is -0.410. The van der Waals surface area contributed by atoms with Crippen molar-refractivity contribution in [2.75, 3.05) is 20.8 Å². The molecule has 2 atom stereocenters. The van der Waals surface area contributed by atoms with Crippen molar-refractivity contribution in [3.05, 3.63) is 0 Å². The van der Waals surface area contributed by atoms with E-state index in [9.17, 15) is 4.79 Å². The second-order valence-corrected chi connectivity index (χ2v) is 3.22. The first-order chi connectivity index (χ1) is 6.17. The van der Waals surface area contributed by atoms with E-state index in [1.165, 1.54) is 0 Å². The molecular weight excluding hydrogens is 168 g/mol. The molecule has 2 unspecified atom stereocenters. The summed E-state index contributed by atoms with van der Waals surface area (Å²) in [5, 5.41) is 0. The minimum absolute atomic E-state index is 0.0323. The molecule has 0 radical (unpaired) electrons. The summed E-state index contributed by atoms with van der Waals surface area (Å²) in [4.78, 5) is 11.6. The molecule has 3 nitrogen and oxygen atoms in total. The van der Waals surface area contributed by atoms with Crippen LogP contribution in [0.4, 0.5) is 0 Å². The first-order valence-corrected chi connectivity index (χ1v) is 4.72. The molecule has 0 rings (SSSR count). The van der Waals surface area contributed by atoms with E-state index in [-0.39, 0.29) is 17.8 Å². The van der Waals surface area contributed by atoms with E-state index in [0.717, 1.165) is 12.8 Å². The molecule has 0 aliphatic rings. The molecule has 0 saturated carbocycles. The zero-order valence-corrected chi connectivity index (χ0v) is 9.00. The Kier molecular flexibility index (Phi) is 6.82. The van der Waals surface area contributed by atoms with E-state index in [2.05, 4.69) is 0 Å². The molecule has 0 bridgehead atoms. The van der Waals surface area contributed by atoms with Gasteiger partial charge in [0.2, 0.25) is 0 Å². The summed E-state index contributed by atoms with van der Waals surface area (Å²) in [7, 11) is 3.22. The third-order valence-electron chi connectivity index (χ3n) is 2.21. The van der Waals surface area contributed by atoms with Crippen LogP contribution < -0.4 is 0 Å². The monoisotopic (exact) mass is 188 g/mol.